The number of carbonyl (C=O) groups excluding carboxylic acids is 1. The first-order valence-electron chi connectivity index (χ1n) is 5.70. The highest BCUT2D eigenvalue weighted by Crippen LogP contribution is 2.18. The average molecular weight is 275 g/mol. The van der Waals surface area contributed by atoms with Crippen LogP contribution in [0.4, 0.5) is 0 Å². The van der Waals surface area contributed by atoms with E-state index in [1.807, 2.05) is 0 Å². The van der Waals surface area contributed by atoms with E-state index in [0.717, 1.165) is 0 Å². The molecule has 1 rings (SSSR count). The van der Waals surface area contributed by atoms with Crippen LogP contribution in [0.3, 0.4) is 0 Å². The first kappa shape index (κ1) is 14.7. The molecule has 0 aliphatic carbocycles. The van der Waals surface area contributed by atoms with Crippen LogP contribution in [0.25, 0.3) is 0 Å². The van der Waals surface area contributed by atoms with E-state index in [-0.39, 0.29) is 24.3 Å². The Balaban J connectivity index is 2.59. The molecule has 18 heavy (non-hydrogen) atoms. The Morgan fingerprint density at radius 1 is 1.50 bits per heavy atom. The van der Waals surface area contributed by atoms with Crippen LogP contribution in [0.5, 0.6) is 0 Å². The maximum atomic E-state index is 11.7. The maximum Gasteiger partial charge on any atom is 0.326 e. The molecule has 1 saturated heterocycles. The molecular formula is C11H17NO5S. The number of carboxylic acids is 1. The molecule has 1 aliphatic rings. The van der Waals surface area contributed by atoms with E-state index in [2.05, 4.69) is 5.32 Å². The van der Waals surface area contributed by atoms with Gasteiger partial charge < -0.3 is 10.4 Å². The maximum absolute atomic E-state index is 11.7. The number of aliphatic carboxylic acids is 1. The van der Waals surface area contributed by atoms with Crippen molar-refractivity contribution in [3.8, 4) is 0 Å². The molecule has 2 atom stereocenters. The van der Waals surface area contributed by atoms with Gasteiger partial charge in [0.15, 0.2) is 9.84 Å². The quantitative estimate of drug-likeness (QED) is 0.685. The van der Waals surface area contributed by atoms with E-state index in [4.69, 9.17) is 5.11 Å². The third kappa shape index (κ3) is 4.14. The van der Waals surface area contributed by atoms with Crippen LogP contribution in [0.15, 0.2) is 12.2 Å². The van der Waals surface area contributed by atoms with Crippen molar-refractivity contribution in [2.75, 3.05) is 11.5 Å². The predicted molar refractivity (Wildman–Crippen MR) is 65.8 cm³/mol. The van der Waals surface area contributed by atoms with Crippen LogP contribution in [0, 0.1) is 5.92 Å². The molecule has 0 radical (unpaired) electrons. The first-order valence-corrected chi connectivity index (χ1v) is 7.52. The molecule has 1 fully saturated rings. The molecule has 0 aromatic heterocycles. The van der Waals surface area contributed by atoms with Gasteiger partial charge in [0.2, 0.25) is 5.91 Å². The zero-order valence-electron chi connectivity index (χ0n) is 10.1. The molecule has 0 aromatic carbocycles. The van der Waals surface area contributed by atoms with Gasteiger partial charge in [-0.15, -0.1) is 0 Å². The summed E-state index contributed by atoms with van der Waals surface area (Å²) < 4.78 is 22.5. The van der Waals surface area contributed by atoms with Crippen LogP contribution >= 0.6 is 0 Å². The van der Waals surface area contributed by atoms with E-state index in [1.165, 1.54) is 0 Å². The molecule has 0 saturated carbocycles. The zero-order chi connectivity index (χ0) is 13.8. The number of sulfone groups is 1. The minimum atomic E-state index is -3.14. The third-order valence-corrected chi connectivity index (χ3v) is 4.59. The Morgan fingerprint density at radius 3 is 2.61 bits per heavy atom. The smallest absolute Gasteiger partial charge is 0.326 e. The van der Waals surface area contributed by atoms with Gasteiger partial charge in [0.25, 0.3) is 0 Å². The van der Waals surface area contributed by atoms with Crippen molar-refractivity contribution in [1.29, 1.82) is 0 Å². The summed E-state index contributed by atoms with van der Waals surface area (Å²) in [7, 11) is -3.14. The van der Waals surface area contributed by atoms with Gasteiger partial charge in [0.1, 0.15) is 6.04 Å². The number of carbonyl (C=O) groups is 2. The van der Waals surface area contributed by atoms with Crippen molar-refractivity contribution in [3.63, 3.8) is 0 Å². The van der Waals surface area contributed by atoms with Crippen molar-refractivity contribution >= 4 is 21.7 Å². The molecule has 0 bridgehead atoms. The van der Waals surface area contributed by atoms with Gasteiger partial charge in [0, 0.05) is 0 Å². The van der Waals surface area contributed by atoms with Gasteiger partial charge in [0.05, 0.1) is 17.4 Å². The first-order chi connectivity index (χ1) is 8.35. The zero-order valence-corrected chi connectivity index (χ0v) is 10.9. The second-order valence-corrected chi connectivity index (χ2v) is 6.53. The second kappa shape index (κ2) is 5.99. The number of hydrogen-bond donors (Lipinski definition) is 2. The number of allylic oxidation sites excluding steroid dienone is 1. The fraction of sp³-hybridized carbons (Fsp3) is 0.636. The molecule has 2 N–H and O–H groups in total. The molecule has 7 heteroatoms. The lowest BCUT2D eigenvalue weighted by atomic mass is 10.1. The molecule has 1 aliphatic heterocycles. The molecule has 1 amide bonds. The topological polar surface area (TPSA) is 101 Å². The molecule has 102 valence electrons. The minimum Gasteiger partial charge on any atom is -0.480 e. The van der Waals surface area contributed by atoms with Gasteiger partial charge in [-0.3, -0.25) is 4.79 Å². The van der Waals surface area contributed by atoms with E-state index >= 15 is 0 Å². The lowest BCUT2D eigenvalue weighted by molar-refractivity contribution is -0.142. The fourth-order valence-corrected chi connectivity index (χ4v) is 3.53. The summed E-state index contributed by atoms with van der Waals surface area (Å²) in [4.78, 5) is 22.7. The van der Waals surface area contributed by atoms with Crippen LogP contribution in [0.2, 0.25) is 0 Å². The normalized spacial score (nSPS) is 23.9. The van der Waals surface area contributed by atoms with Crippen LogP contribution in [-0.4, -0.2) is 42.9 Å². The van der Waals surface area contributed by atoms with E-state index in [0.29, 0.717) is 0 Å². The van der Waals surface area contributed by atoms with Crippen LogP contribution in [0.1, 0.15) is 19.8 Å². The monoisotopic (exact) mass is 275 g/mol. The molecular weight excluding hydrogens is 258 g/mol. The van der Waals surface area contributed by atoms with Crippen molar-refractivity contribution in [3.05, 3.63) is 12.2 Å². The molecule has 2 unspecified atom stereocenters. The number of rotatable bonds is 5. The molecule has 6 nitrogen and oxygen atoms in total. The van der Waals surface area contributed by atoms with Gasteiger partial charge in [-0.1, -0.05) is 12.2 Å². The van der Waals surface area contributed by atoms with E-state index in [9.17, 15) is 18.0 Å². The van der Waals surface area contributed by atoms with Gasteiger partial charge >= 0.3 is 5.97 Å². The van der Waals surface area contributed by atoms with Crippen molar-refractivity contribution in [2.24, 2.45) is 5.92 Å². The lowest BCUT2D eigenvalue weighted by Gasteiger charge is -2.15. The van der Waals surface area contributed by atoms with E-state index < -0.39 is 33.7 Å². The lowest BCUT2D eigenvalue weighted by Crippen LogP contribution is -2.43. The summed E-state index contributed by atoms with van der Waals surface area (Å²) >= 11 is 0. The number of carboxylic acid groups (broad SMARTS) is 1. The number of nitrogens with one attached hydrogen (secondary N) is 1. The summed E-state index contributed by atoms with van der Waals surface area (Å²) in [6.07, 6.45) is 3.80. The minimum absolute atomic E-state index is 0.00229. The Labute approximate surface area is 106 Å². The number of amides is 1. The van der Waals surface area contributed by atoms with Crippen molar-refractivity contribution < 1.29 is 23.1 Å². The highest BCUT2D eigenvalue weighted by atomic mass is 32.2. The van der Waals surface area contributed by atoms with Crippen LogP contribution in [-0.2, 0) is 19.4 Å². The highest BCUT2D eigenvalue weighted by molar-refractivity contribution is 7.91. The largest absolute Gasteiger partial charge is 0.480 e. The Kier molecular flexibility index (Phi) is 4.89. The van der Waals surface area contributed by atoms with Gasteiger partial charge in [-0.25, -0.2) is 13.2 Å². The predicted octanol–water partition coefficient (Wildman–Crippen LogP) is -0.0433. The summed E-state index contributed by atoms with van der Waals surface area (Å²) in [5.74, 6) is -2.43. The summed E-state index contributed by atoms with van der Waals surface area (Å²) in [6.45, 7) is 1.75. The standard InChI is InChI=1S/C11H17NO5S/c1-2-3-4-9(11(14)15)12-10(13)8-5-6-18(16,17)7-8/h2-3,8-9H,4-7H2,1H3,(H,12,13)(H,14,15)/b3-2+. The molecule has 0 aromatic rings. The number of hydrogen-bond acceptors (Lipinski definition) is 4. The summed E-state index contributed by atoms with van der Waals surface area (Å²) in [6, 6.07) is -1.00. The summed E-state index contributed by atoms with van der Waals surface area (Å²) in [5.41, 5.74) is 0. The van der Waals surface area contributed by atoms with E-state index in [1.54, 1.807) is 19.1 Å². The Bertz CT molecular complexity index is 454. The third-order valence-electron chi connectivity index (χ3n) is 2.83. The van der Waals surface area contributed by atoms with Crippen molar-refractivity contribution in [1.82, 2.24) is 5.32 Å². The van der Waals surface area contributed by atoms with Gasteiger partial charge in [-0.05, 0) is 19.8 Å². The highest BCUT2D eigenvalue weighted by Gasteiger charge is 2.34. The SMILES string of the molecule is C/C=C/CC(NC(=O)C1CCS(=O)(=O)C1)C(=O)O. The van der Waals surface area contributed by atoms with Crippen LogP contribution < -0.4 is 5.32 Å². The average Bonchev–Trinajstić information content (AvgIpc) is 2.64. The van der Waals surface area contributed by atoms with Gasteiger partial charge in [-0.2, -0.15) is 0 Å². The van der Waals surface area contributed by atoms with Crippen molar-refractivity contribution in [2.45, 2.75) is 25.8 Å². The summed E-state index contributed by atoms with van der Waals surface area (Å²) in [5, 5.41) is 11.3. The second-order valence-electron chi connectivity index (χ2n) is 4.30. The Hall–Kier alpha value is -1.37. The fourth-order valence-electron chi connectivity index (χ4n) is 1.79. The Morgan fingerprint density at radius 2 is 2.17 bits per heavy atom. The molecule has 0 spiro atoms. The molecule has 1 heterocycles.